The average Bonchev–Trinajstić information content (AvgIpc) is 2.93. The Kier molecular flexibility index (Phi) is 2.67. The first-order valence-corrected chi connectivity index (χ1v) is 5.15. The van der Waals surface area contributed by atoms with E-state index in [-0.39, 0.29) is 5.97 Å². The molecule has 1 heterocycles. The molecular formula is C10H15N3O3. The third-order valence-corrected chi connectivity index (χ3v) is 2.66. The predicted octanol–water partition coefficient (Wildman–Crippen LogP) is 0.336. The molecule has 1 aromatic rings. The largest absolute Gasteiger partial charge is 0.468 e. The second-order valence-corrected chi connectivity index (χ2v) is 4.33. The smallest absolute Gasteiger partial charge is 0.321 e. The highest BCUT2D eigenvalue weighted by Crippen LogP contribution is 2.48. The Labute approximate surface area is 93.6 Å². The lowest BCUT2D eigenvalue weighted by atomic mass is 10.1. The van der Waals surface area contributed by atoms with Crippen molar-refractivity contribution in [2.45, 2.75) is 24.8 Å². The highest BCUT2D eigenvalue weighted by molar-refractivity contribution is 5.85. The molecule has 0 amide bonds. The van der Waals surface area contributed by atoms with Crippen LogP contribution in [0.4, 0.5) is 0 Å². The van der Waals surface area contributed by atoms with Gasteiger partial charge in [0.05, 0.1) is 13.7 Å². The number of hydrogen-bond donors (Lipinski definition) is 0. The van der Waals surface area contributed by atoms with Crippen LogP contribution in [0.15, 0.2) is 4.52 Å². The van der Waals surface area contributed by atoms with Crippen molar-refractivity contribution in [2.75, 3.05) is 21.2 Å². The van der Waals surface area contributed by atoms with Gasteiger partial charge in [-0.05, 0) is 26.9 Å². The predicted molar refractivity (Wildman–Crippen MR) is 54.6 cm³/mol. The van der Waals surface area contributed by atoms with Crippen molar-refractivity contribution in [3.05, 3.63) is 11.7 Å². The van der Waals surface area contributed by atoms with Crippen LogP contribution in [0, 0.1) is 0 Å². The molecule has 0 atom stereocenters. The standard InChI is InChI=1S/C10H15N3O3/c1-13(2)6-7-11-8(16-12-7)10(4-5-10)9(14)15-3/h4-6H2,1-3H3. The first-order valence-electron chi connectivity index (χ1n) is 5.15. The van der Waals surface area contributed by atoms with E-state index in [0.717, 1.165) is 12.8 Å². The van der Waals surface area contributed by atoms with E-state index in [4.69, 9.17) is 9.26 Å². The van der Waals surface area contributed by atoms with Gasteiger partial charge in [0.2, 0.25) is 5.89 Å². The van der Waals surface area contributed by atoms with Crippen molar-refractivity contribution >= 4 is 5.97 Å². The van der Waals surface area contributed by atoms with Crippen LogP contribution in [0.2, 0.25) is 0 Å². The van der Waals surface area contributed by atoms with E-state index in [2.05, 4.69) is 10.1 Å². The Balaban J connectivity index is 2.16. The summed E-state index contributed by atoms with van der Waals surface area (Å²) in [4.78, 5) is 17.7. The number of nitrogens with zero attached hydrogens (tertiary/aromatic N) is 3. The summed E-state index contributed by atoms with van der Waals surface area (Å²) >= 11 is 0. The maximum Gasteiger partial charge on any atom is 0.321 e. The Hall–Kier alpha value is -1.43. The number of rotatable bonds is 4. The van der Waals surface area contributed by atoms with Gasteiger partial charge in [-0.3, -0.25) is 4.79 Å². The minimum atomic E-state index is -0.660. The fourth-order valence-corrected chi connectivity index (χ4v) is 1.62. The summed E-state index contributed by atoms with van der Waals surface area (Å²) in [5.74, 6) is 0.693. The van der Waals surface area contributed by atoms with E-state index < -0.39 is 5.41 Å². The summed E-state index contributed by atoms with van der Waals surface area (Å²) in [7, 11) is 5.21. The molecule has 1 saturated carbocycles. The van der Waals surface area contributed by atoms with Crippen molar-refractivity contribution in [3.8, 4) is 0 Å². The van der Waals surface area contributed by atoms with E-state index in [1.807, 2.05) is 19.0 Å². The van der Waals surface area contributed by atoms with Crippen LogP contribution in [0.25, 0.3) is 0 Å². The molecule has 88 valence electrons. The Morgan fingerprint density at radius 1 is 1.56 bits per heavy atom. The van der Waals surface area contributed by atoms with Gasteiger partial charge in [0.25, 0.3) is 0 Å². The fourth-order valence-electron chi connectivity index (χ4n) is 1.62. The van der Waals surface area contributed by atoms with Crippen molar-refractivity contribution < 1.29 is 14.1 Å². The monoisotopic (exact) mass is 225 g/mol. The third-order valence-electron chi connectivity index (χ3n) is 2.66. The number of hydrogen-bond acceptors (Lipinski definition) is 6. The van der Waals surface area contributed by atoms with Crippen LogP contribution in [0.3, 0.4) is 0 Å². The topological polar surface area (TPSA) is 68.5 Å². The second-order valence-electron chi connectivity index (χ2n) is 4.33. The SMILES string of the molecule is COC(=O)C1(c2nc(CN(C)C)no2)CC1. The van der Waals surface area contributed by atoms with Crippen LogP contribution in [0.5, 0.6) is 0 Å². The van der Waals surface area contributed by atoms with E-state index in [9.17, 15) is 4.79 Å². The van der Waals surface area contributed by atoms with E-state index in [0.29, 0.717) is 18.3 Å². The number of esters is 1. The number of aromatic nitrogens is 2. The molecular weight excluding hydrogens is 210 g/mol. The molecule has 1 aromatic heterocycles. The lowest BCUT2D eigenvalue weighted by Gasteiger charge is -2.06. The summed E-state index contributed by atoms with van der Waals surface area (Å²) in [5.41, 5.74) is -0.660. The van der Waals surface area contributed by atoms with Gasteiger partial charge < -0.3 is 14.2 Å². The normalized spacial score (nSPS) is 17.5. The minimum absolute atomic E-state index is 0.285. The summed E-state index contributed by atoms with van der Waals surface area (Å²) in [6.45, 7) is 0.598. The Morgan fingerprint density at radius 3 is 2.75 bits per heavy atom. The molecule has 0 N–H and O–H groups in total. The third kappa shape index (κ3) is 1.80. The highest BCUT2D eigenvalue weighted by atomic mass is 16.5. The first kappa shape index (κ1) is 11.1. The molecule has 16 heavy (non-hydrogen) atoms. The van der Waals surface area contributed by atoms with Gasteiger partial charge in [-0.1, -0.05) is 5.16 Å². The van der Waals surface area contributed by atoms with Crippen molar-refractivity contribution in [1.82, 2.24) is 15.0 Å². The lowest BCUT2D eigenvalue weighted by Crippen LogP contribution is -2.22. The van der Waals surface area contributed by atoms with Crippen LogP contribution >= 0.6 is 0 Å². The molecule has 1 aliphatic carbocycles. The number of ether oxygens (including phenoxy) is 1. The second kappa shape index (κ2) is 3.86. The molecule has 6 nitrogen and oxygen atoms in total. The number of carbonyl (C=O) groups excluding carboxylic acids is 1. The summed E-state index contributed by atoms with van der Waals surface area (Å²) in [6.07, 6.45) is 1.45. The van der Waals surface area contributed by atoms with Gasteiger partial charge in [-0.25, -0.2) is 0 Å². The summed E-state index contributed by atoms with van der Waals surface area (Å²) in [6, 6.07) is 0. The molecule has 0 radical (unpaired) electrons. The number of methoxy groups -OCH3 is 1. The zero-order valence-electron chi connectivity index (χ0n) is 9.69. The van der Waals surface area contributed by atoms with Gasteiger partial charge in [-0.15, -0.1) is 0 Å². The molecule has 0 unspecified atom stereocenters. The minimum Gasteiger partial charge on any atom is -0.468 e. The zero-order valence-corrected chi connectivity index (χ0v) is 9.69. The van der Waals surface area contributed by atoms with Gasteiger partial charge >= 0.3 is 5.97 Å². The highest BCUT2D eigenvalue weighted by Gasteiger charge is 2.57. The van der Waals surface area contributed by atoms with Crippen LogP contribution in [0.1, 0.15) is 24.6 Å². The molecule has 1 aliphatic rings. The molecule has 1 fully saturated rings. The van der Waals surface area contributed by atoms with Gasteiger partial charge in [0.1, 0.15) is 5.41 Å². The summed E-state index contributed by atoms with van der Waals surface area (Å²) < 4.78 is 9.87. The molecule has 6 heteroatoms. The molecule has 0 aromatic carbocycles. The average molecular weight is 225 g/mol. The molecule has 0 saturated heterocycles. The Bertz CT molecular complexity index is 396. The Morgan fingerprint density at radius 2 is 2.25 bits per heavy atom. The maximum absolute atomic E-state index is 11.6. The van der Waals surface area contributed by atoms with Gasteiger partial charge in [0.15, 0.2) is 5.82 Å². The van der Waals surface area contributed by atoms with Gasteiger partial charge in [0, 0.05) is 0 Å². The first-order chi connectivity index (χ1) is 7.58. The van der Waals surface area contributed by atoms with E-state index in [1.165, 1.54) is 7.11 Å². The van der Waals surface area contributed by atoms with Crippen LogP contribution in [-0.4, -0.2) is 42.2 Å². The molecule has 0 bridgehead atoms. The summed E-state index contributed by atoms with van der Waals surface area (Å²) in [5, 5.41) is 3.84. The van der Waals surface area contributed by atoms with Crippen LogP contribution < -0.4 is 0 Å². The van der Waals surface area contributed by atoms with E-state index >= 15 is 0 Å². The van der Waals surface area contributed by atoms with Crippen molar-refractivity contribution in [3.63, 3.8) is 0 Å². The fraction of sp³-hybridized carbons (Fsp3) is 0.700. The lowest BCUT2D eigenvalue weighted by molar-refractivity contribution is -0.144. The van der Waals surface area contributed by atoms with Crippen molar-refractivity contribution in [1.29, 1.82) is 0 Å². The number of carbonyl (C=O) groups is 1. The van der Waals surface area contributed by atoms with Crippen LogP contribution in [-0.2, 0) is 21.5 Å². The molecule has 2 rings (SSSR count). The van der Waals surface area contributed by atoms with Gasteiger partial charge in [-0.2, -0.15) is 4.98 Å². The zero-order chi connectivity index (χ0) is 11.8. The maximum atomic E-state index is 11.6. The molecule has 0 spiro atoms. The molecule has 0 aliphatic heterocycles. The quantitative estimate of drug-likeness (QED) is 0.688. The van der Waals surface area contributed by atoms with Crippen molar-refractivity contribution in [2.24, 2.45) is 0 Å². The van der Waals surface area contributed by atoms with E-state index in [1.54, 1.807) is 0 Å².